The van der Waals surface area contributed by atoms with Crippen molar-refractivity contribution in [2.75, 3.05) is 0 Å². The molecule has 24 heavy (non-hydrogen) atoms. The molecule has 0 radical (unpaired) electrons. The molecule has 0 aliphatic rings. The molecule has 0 atom stereocenters. The van der Waals surface area contributed by atoms with Crippen LogP contribution in [0.5, 0.6) is 0 Å². The third kappa shape index (κ3) is 2.83. The maximum atomic E-state index is 12.6. The van der Waals surface area contributed by atoms with Gasteiger partial charge in [-0.05, 0) is 29.7 Å². The number of nitrogens with zero attached hydrogens (tertiary/aromatic N) is 1. The van der Waals surface area contributed by atoms with Crippen LogP contribution < -0.4 is 0 Å². The van der Waals surface area contributed by atoms with Crippen LogP contribution in [0, 0.1) is 0 Å². The third-order valence-corrected chi connectivity index (χ3v) is 5.99. The predicted octanol–water partition coefficient (Wildman–Crippen LogP) is 6.71. The van der Waals surface area contributed by atoms with Gasteiger partial charge in [0.15, 0.2) is 0 Å². The van der Waals surface area contributed by atoms with Gasteiger partial charge in [0.1, 0.15) is 5.01 Å². The standard InChI is InChI=1S/C18H10F3NS2/c19-18(20,21)13-7-5-11(6-8-13)17-22-10-16(24-17)15-9-12-3-1-2-4-14(12)23-15/h1-10H. The second-order valence-corrected chi connectivity index (χ2v) is 7.37. The van der Waals surface area contributed by atoms with Crippen molar-refractivity contribution in [1.82, 2.24) is 4.98 Å². The Morgan fingerprint density at radius 2 is 1.58 bits per heavy atom. The normalized spacial score (nSPS) is 12.0. The molecule has 2 aromatic heterocycles. The summed E-state index contributed by atoms with van der Waals surface area (Å²) in [4.78, 5) is 6.51. The van der Waals surface area contributed by atoms with E-state index in [-0.39, 0.29) is 0 Å². The molecule has 1 nitrogen and oxygen atoms in total. The van der Waals surface area contributed by atoms with E-state index in [4.69, 9.17) is 0 Å². The molecule has 0 spiro atoms. The van der Waals surface area contributed by atoms with Crippen molar-refractivity contribution in [2.24, 2.45) is 0 Å². The second-order valence-electron chi connectivity index (χ2n) is 5.25. The fraction of sp³-hybridized carbons (Fsp3) is 0.0556. The molecule has 4 rings (SSSR count). The highest BCUT2D eigenvalue weighted by molar-refractivity contribution is 7.26. The molecular formula is C18H10F3NS2. The lowest BCUT2D eigenvalue weighted by atomic mass is 10.1. The van der Waals surface area contributed by atoms with Crippen molar-refractivity contribution in [3.05, 3.63) is 66.4 Å². The van der Waals surface area contributed by atoms with E-state index in [1.165, 1.54) is 33.6 Å². The molecule has 0 bridgehead atoms. The highest BCUT2D eigenvalue weighted by Gasteiger charge is 2.30. The highest BCUT2D eigenvalue weighted by atomic mass is 32.1. The molecule has 0 amide bonds. The van der Waals surface area contributed by atoms with E-state index >= 15 is 0 Å². The summed E-state index contributed by atoms with van der Waals surface area (Å²) in [6.45, 7) is 0. The van der Waals surface area contributed by atoms with E-state index in [0.717, 1.165) is 26.9 Å². The fourth-order valence-electron chi connectivity index (χ4n) is 2.43. The molecular weight excluding hydrogens is 351 g/mol. The molecule has 2 aromatic carbocycles. The smallest absolute Gasteiger partial charge is 0.244 e. The topological polar surface area (TPSA) is 12.9 Å². The molecule has 120 valence electrons. The summed E-state index contributed by atoms with van der Waals surface area (Å²) >= 11 is 3.17. The Bertz CT molecular complexity index is 964. The maximum absolute atomic E-state index is 12.6. The van der Waals surface area contributed by atoms with Gasteiger partial charge in [-0.15, -0.1) is 22.7 Å². The van der Waals surface area contributed by atoms with E-state index in [9.17, 15) is 13.2 Å². The largest absolute Gasteiger partial charge is 0.416 e. The van der Waals surface area contributed by atoms with Gasteiger partial charge in [-0.3, -0.25) is 0 Å². The summed E-state index contributed by atoms with van der Waals surface area (Å²) in [5.41, 5.74) is 0.0490. The van der Waals surface area contributed by atoms with E-state index in [2.05, 4.69) is 23.2 Å². The number of benzene rings is 2. The second kappa shape index (κ2) is 5.72. The monoisotopic (exact) mass is 361 g/mol. The Morgan fingerprint density at radius 1 is 0.833 bits per heavy atom. The first-order valence-corrected chi connectivity index (χ1v) is 8.76. The van der Waals surface area contributed by atoms with Gasteiger partial charge in [-0.25, -0.2) is 4.98 Å². The molecule has 4 aromatic rings. The third-order valence-electron chi connectivity index (χ3n) is 3.63. The van der Waals surface area contributed by atoms with E-state index in [0.29, 0.717) is 5.56 Å². The molecule has 0 aliphatic heterocycles. The average Bonchev–Trinajstić information content (AvgIpc) is 3.21. The quantitative estimate of drug-likeness (QED) is 0.387. The Hall–Kier alpha value is -2.18. The number of thiophene rings is 1. The lowest BCUT2D eigenvalue weighted by molar-refractivity contribution is -0.137. The first-order chi connectivity index (χ1) is 11.5. The molecule has 0 N–H and O–H groups in total. The Morgan fingerprint density at radius 3 is 2.29 bits per heavy atom. The van der Waals surface area contributed by atoms with Crippen LogP contribution in [-0.4, -0.2) is 4.98 Å². The van der Waals surface area contributed by atoms with E-state index in [1.54, 1.807) is 17.5 Å². The van der Waals surface area contributed by atoms with Crippen LogP contribution in [0.1, 0.15) is 5.56 Å². The summed E-state index contributed by atoms with van der Waals surface area (Å²) in [6, 6.07) is 15.4. The average molecular weight is 361 g/mol. The first kappa shape index (κ1) is 15.4. The van der Waals surface area contributed by atoms with Gasteiger partial charge in [0.2, 0.25) is 0 Å². The lowest BCUT2D eigenvalue weighted by Gasteiger charge is -2.06. The fourth-order valence-corrected chi connectivity index (χ4v) is 4.48. The lowest BCUT2D eigenvalue weighted by Crippen LogP contribution is -2.03. The van der Waals surface area contributed by atoms with Crippen molar-refractivity contribution in [1.29, 1.82) is 0 Å². The summed E-state index contributed by atoms with van der Waals surface area (Å²) < 4.78 is 39.1. The summed E-state index contributed by atoms with van der Waals surface area (Å²) in [5.74, 6) is 0. The molecule has 6 heteroatoms. The van der Waals surface area contributed by atoms with Gasteiger partial charge in [-0.1, -0.05) is 30.3 Å². The maximum Gasteiger partial charge on any atom is 0.416 e. The summed E-state index contributed by atoms with van der Waals surface area (Å²) in [6.07, 6.45) is -2.54. The van der Waals surface area contributed by atoms with Crippen molar-refractivity contribution < 1.29 is 13.2 Å². The number of halogens is 3. The van der Waals surface area contributed by atoms with E-state index in [1.807, 2.05) is 12.1 Å². The van der Waals surface area contributed by atoms with Crippen LogP contribution in [0.25, 0.3) is 30.4 Å². The van der Waals surface area contributed by atoms with Crippen LogP contribution >= 0.6 is 22.7 Å². The van der Waals surface area contributed by atoms with Crippen molar-refractivity contribution >= 4 is 32.8 Å². The first-order valence-electron chi connectivity index (χ1n) is 7.13. The van der Waals surface area contributed by atoms with E-state index < -0.39 is 11.7 Å². The van der Waals surface area contributed by atoms with Gasteiger partial charge >= 0.3 is 6.18 Å². The SMILES string of the molecule is FC(F)(F)c1ccc(-c2ncc(-c3cc4ccccc4s3)s2)cc1. The summed E-state index contributed by atoms with van der Waals surface area (Å²) in [5, 5.41) is 1.90. The minimum Gasteiger partial charge on any atom is -0.244 e. The number of fused-ring (bicyclic) bond motifs is 1. The minimum atomic E-state index is -4.32. The Kier molecular flexibility index (Phi) is 3.66. The zero-order valence-electron chi connectivity index (χ0n) is 12.2. The molecule has 0 aliphatic carbocycles. The van der Waals surface area contributed by atoms with Gasteiger partial charge in [0, 0.05) is 21.3 Å². The highest BCUT2D eigenvalue weighted by Crippen LogP contribution is 2.39. The zero-order chi connectivity index (χ0) is 16.7. The van der Waals surface area contributed by atoms with Crippen molar-refractivity contribution in [2.45, 2.75) is 6.18 Å². The Labute approximate surface area is 144 Å². The predicted molar refractivity (Wildman–Crippen MR) is 93.4 cm³/mol. The molecule has 0 saturated carbocycles. The van der Waals surface area contributed by atoms with Gasteiger partial charge in [0.25, 0.3) is 0 Å². The zero-order valence-corrected chi connectivity index (χ0v) is 13.8. The van der Waals surface area contributed by atoms with Gasteiger partial charge in [0.05, 0.1) is 10.4 Å². The molecule has 2 heterocycles. The van der Waals surface area contributed by atoms with Gasteiger partial charge < -0.3 is 0 Å². The van der Waals surface area contributed by atoms with Crippen LogP contribution in [0.2, 0.25) is 0 Å². The number of thiazole rings is 1. The van der Waals surface area contributed by atoms with Crippen LogP contribution in [0.15, 0.2) is 60.8 Å². The number of hydrogen-bond acceptors (Lipinski definition) is 3. The van der Waals surface area contributed by atoms with Crippen LogP contribution in [0.4, 0.5) is 13.2 Å². The number of rotatable bonds is 2. The molecule has 0 unspecified atom stereocenters. The molecule has 0 saturated heterocycles. The van der Waals surface area contributed by atoms with Crippen LogP contribution in [0.3, 0.4) is 0 Å². The van der Waals surface area contributed by atoms with Crippen LogP contribution in [-0.2, 0) is 6.18 Å². The molecule has 0 fully saturated rings. The Balaban J connectivity index is 1.67. The van der Waals surface area contributed by atoms with Crippen molar-refractivity contribution in [3.8, 4) is 20.3 Å². The van der Waals surface area contributed by atoms with Crippen molar-refractivity contribution in [3.63, 3.8) is 0 Å². The summed E-state index contributed by atoms with van der Waals surface area (Å²) in [7, 11) is 0. The minimum absolute atomic E-state index is 0.646. The number of hydrogen-bond donors (Lipinski definition) is 0. The van der Waals surface area contributed by atoms with Gasteiger partial charge in [-0.2, -0.15) is 13.2 Å². The number of aromatic nitrogens is 1. The number of alkyl halides is 3.